The van der Waals surface area contributed by atoms with E-state index in [0.717, 1.165) is 11.8 Å². The predicted molar refractivity (Wildman–Crippen MR) is 101 cm³/mol. The van der Waals surface area contributed by atoms with E-state index in [1.807, 2.05) is 38.1 Å². The first-order valence-electron chi connectivity index (χ1n) is 9.14. The lowest BCUT2D eigenvalue weighted by Gasteiger charge is -2.24. The normalized spacial score (nSPS) is 12.1. The lowest BCUT2D eigenvalue weighted by atomic mass is 9.84. The Bertz CT molecular complexity index is 1190. The van der Waals surface area contributed by atoms with E-state index in [0.29, 0.717) is 22.8 Å². The highest BCUT2D eigenvalue weighted by Crippen LogP contribution is 2.31. The Morgan fingerprint density at radius 1 is 0.857 bits per heavy atom. The molecule has 0 aromatic carbocycles. The minimum absolute atomic E-state index is 0.131. The van der Waals surface area contributed by atoms with Gasteiger partial charge in [-0.15, -0.1) is 0 Å². The maximum absolute atomic E-state index is 14.1. The van der Waals surface area contributed by atoms with Crippen molar-refractivity contribution >= 4 is 0 Å². The summed E-state index contributed by atoms with van der Waals surface area (Å²) in [6.45, 7) is 3.93. The van der Waals surface area contributed by atoms with Crippen LogP contribution in [-0.4, -0.2) is 25.1 Å². The zero-order chi connectivity index (χ0) is 20.6. The molecule has 4 rings (SSSR count). The third-order valence-corrected chi connectivity index (χ3v) is 4.60. The molecule has 5 nitrogen and oxygen atoms in total. The van der Waals surface area contributed by atoms with E-state index in [1.165, 1.54) is 6.07 Å². The van der Waals surface area contributed by atoms with Crippen molar-refractivity contribution in [3.05, 3.63) is 84.1 Å². The Morgan fingerprint density at radius 2 is 1.54 bits per heavy atom. The highest BCUT2D eigenvalue weighted by atomic mass is 19.1. The van der Waals surface area contributed by atoms with Gasteiger partial charge in [0, 0.05) is 11.6 Å². The fourth-order valence-electron chi connectivity index (χ4n) is 2.95. The summed E-state index contributed by atoms with van der Waals surface area (Å²) in [4.78, 5) is 12.5. The Morgan fingerprint density at radius 3 is 2.18 bits per heavy atom. The SMILES string of the molecule is [2H]c1cc(-c2cccc(C(C)(C)c3cccc(-c4ccc(F)nc4F)n3)n2)[nH]n1. The number of nitrogens with zero attached hydrogens (tertiary/aromatic N) is 4. The van der Waals surface area contributed by atoms with Crippen molar-refractivity contribution in [2.75, 3.05) is 0 Å². The van der Waals surface area contributed by atoms with Crippen molar-refractivity contribution in [1.82, 2.24) is 25.1 Å². The molecule has 0 saturated carbocycles. The monoisotopic (exact) mass is 378 g/mol. The van der Waals surface area contributed by atoms with Gasteiger partial charge in [-0.25, -0.2) is 0 Å². The average molecular weight is 378 g/mol. The van der Waals surface area contributed by atoms with Gasteiger partial charge in [0.15, 0.2) is 0 Å². The van der Waals surface area contributed by atoms with Crippen LogP contribution in [0.2, 0.25) is 0 Å². The summed E-state index contributed by atoms with van der Waals surface area (Å²) in [5, 5.41) is 6.61. The molecule has 28 heavy (non-hydrogen) atoms. The number of hydrogen-bond acceptors (Lipinski definition) is 4. The van der Waals surface area contributed by atoms with E-state index in [4.69, 9.17) is 6.35 Å². The number of aromatic amines is 1. The summed E-state index contributed by atoms with van der Waals surface area (Å²) in [7, 11) is 0. The second-order valence-corrected chi connectivity index (χ2v) is 6.82. The van der Waals surface area contributed by atoms with Gasteiger partial charge in [0.1, 0.15) is 0 Å². The van der Waals surface area contributed by atoms with Crippen LogP contribution in [0.5, 0.6) is 0 Å². The molecule has 7 heteroatoms. The third-order valence-electron chi connectivity index (χ3n) is 4.60. The lowest BCUT2D eigenvalue weighted by Crippen LogP contribution is -2.22. The topological polar surface area (TPSA) is 67.3 Å². The van der Waals surface area contributed by atoms with E-state index in [1.54, 1.807) is 18.2 Å². The first kappa shape index (κ1) is 16.7. The molecule has 0 radical (unpaired) electrons. The van der Waals surface area contributed by atoms with Crippen LogP contribution in [0.1, 0.15) is 26.6 Å². The van der Waals surface area contributed by atoms with Crippen LogP contribution in [0.25, 0.3) is 22.6 Å². The van der Waals surface area contributed by atoms with E-state index in [9.17, 15) is 8.78 Å². The van der Waals surface area contributed by atoms with Crippen molar-refractivity contribution in [3.8, 4) is 22.6 Å². The Kier molecular flexibility index (Phi) is 4.12. The molecule has 4 aromatic heterocycles. The van der Waals surface area contributed by atoms with Gasteiger partial charge in [-0.2, -0.15) is 18.9 Å². The van der Waals surface area contributed by atoms with Crippen molar-refractivity contribution in [2.24, 2.45) is 0 Å². The van der Waals surface area contributed by atoms with Crippen LogP contribution < -0.4 is 0 Å². The quantitative estimate of drug-likeness (QED) is 0.530. The van der Waals surface area contributed by atoms with Crippen molar-refractivity contribution < 1.29 is 10.2 Å². The summed E-state index contributed by atoms with van der Waals surface area (Å²) in [6.07, 6.45) is 0.135. The molecule has 0 aliphatic rings. The number of hydrogen-bond donors (Lipinski definition) is 1. The number of aromatic nitrogens is 5. The first-order valence-corrected chi connectivity index (χ1v) is 8.64. The molecule has 0 spiro atoms. The van der Waals surface area contributed by atoms with Gasteiger partial charge in [0.05, 0.1) is 35.4 Å². The summed E-state index contributed by atoms with van der Waals surface area (Å²) in [5.41, 5.74) is 2.63. The first-order chi connectivity index (χ1) is 13.8. The standard InChI is InChI=1S/C21H17F2N5/c1-21(2,18-8-4-6-15(26-18)16-11-12-24-28-16)17-7-3-5-14(25-17)13-9-10-19(22)27-20(13)23/h3-12H,1-2H3,(H,24,28)/i12D. The molecule has 0 aliphatic carbocycles. The summed E-state index contributed by atoms with van der Waals surface area (Å²) in [6, 6.07) is 14.9. The molecule has 1 N–H and O–H groups in total. The molecule has 0 unspecified atom stereocenters. The van der Waals surface area contributed by atoms with E-state index < -0.39 is 17.3 Å². The minimum atomic E-state index is -0.905. The van der Waals surface area contributed by atoms with Gasteiger partial charge >= 0.3 is 0 Å². The number of halogens is 2. The minimum Gasteiger partial charge on any atom is -0.276 e. The van der Waals surface area contributed by atoms with Crippen LogP contribution in [0.4, 0.5) is 8.78 Å². The van der Waals surface area contributed by atoms with Gasteiger partial charge in [-0.1, -0.05) is 12.1 Å². The second kappa shape index (κ2) is 6.92. The largest absolute Gasteiger partial charge is 0.276 e. The van der Waals surface area contributed by atoms with Crippen LogP contribution in [-0.2, 0) is 5.41 Å². The smallest absolute Gasteiger partial charge is 0.224 e. The third kappa shape index (κ3) is 3.26. The zero-order valence-electron chi connectivity index (χ0n) is 16.2. The summed E-state index contributed by atoms with van der Waals surface area (Å²) in [5.74, 6) is -1.78. The molecule has 0 aliphatic heterocycles. The maximum atomic E-state index is 14.1. The van der Waals surface area contributed by atoms with Crippen LogP contribution in [0.15, 0.2) is 60.8 Å². The maximum Gasteiger partial charge on any atom is 0.224 e. The molecular weight excluding hydrogens is 360 g/mol. The number of H-pyrrole nitrogens is 1. The highest BCUT2D eigenvalue weighted by molar-refractivity contribution is 5.59. The van der Waals surface area contributed by atoms with Gasteiger partial charge in [-0.3, -0.25) is 15.1 Å². The molecular formula is C21H17F2N5. The molecule has 4 aromatic rings. The Hall–Kier alpha value is -3.48. The highest BCUT2D eigenvalue weighted by Gasteiger charge is 2.27. The molecule has 0 fully saturated rings. The molecule has 140 valence electrons. The van der Waals surface area contributed by atoms with Crippen molar-refractivity contribution in [1.29, 1.82) is 0 Å². The van der Waals surface area contributed by atoms with Crippen LogP contribution >= 0.6 is 0 Å². The zero-order valence-corrected chi connectivity index (χ0v) is 15.2. The number of rotatable bonds is 4. The van der Waals surface area contributed by atoms with Gasteiger partial charge in [0.2, 0.25) is 11.9 Å². The van der Waals surface area contributed by atoms with Crippen LogP contribution in [0, 0.1) is 11.9 Å². The van der Waals surface area contributed by atoms with E-state index in [2.05, 4.69) is 20.2 Å². The lowest BCUT2D eigenvalue weighted by molar-refractivity contribution is 0.514. The molecule has 4 heterocycles. The van der Waals surface area contributed by atoms with E-state index >= 15 is 0 Å². The summed E-state index contributed by atoms with van der Waals surface area (Å²) >= 11 is 0. The van der Waals surface area contributed by atoms with Crippen LogP contribution in [0.3, 0.4) is 0 Å². The fourth-order valence-corrected chi connectivity index (χ4v) is 2.95. The number of pyridine rings is 3. The van der Waals surface area contributed by atoms with Gasteiger partial charge in [0.25, 0.3) is 0 Å². The second-order valence-electron chi connectivity index (χ2n) is 6.82. The van der Waals surface area contributed by atoms with Gasteiger partial charge < -0.3 is 0 Å². The fraction of sp³-hybridized carbons (Fsp3) is 0.143. The molecule has 0 amide bonds. The summed E-state index contributed by atoms with van der Waals surface area (Å²) < 4.78 is 34.8. The van der Waals surface area contributed by atoms with Crippen molar-refractivity contribution in [2.45, 2.75) is 19.3 Å². The van der Waals surface area contributed by atoms with Gasteiger partial charge in [-0.05, 0) is 56.3 Å². The predicted octanol–water partition coefficient (Wildman–Crippen LogP) is 4.53. The molecule has 0 atom stereocenters. The Balaban J connectivity index is 1.74. The van der Waals surface area contributed by atoms with Crippen molar-refractivity contribution in [3.63, 3.8) is 0 Å². The molecule has 0 saturated heterocycles. The van der Waals surface area contributed by atoms with E-state index in [-0.39, 0.29) is 11.7 Å². The number of nitrogens with one attached hydrogen (secondary N) is 1. The Labute approximate surface area is 161 Å². The molecule has 0 bridgehead atoms. The average Bonchev–Trinajstić information content (AvgIpc) is 3.14.